The fourth-order valence-electron chi connectivity index (χ4n) is 1.59. The molecule has 7 heteroatoms. The molecule has 2 aliphatic rings. The summed E-state index contributed by atoms with van der Waals surface area (Å²) in [6, 6.07) is 0. The summed E-state index contributed by atoms with van der Waals surface area (Å²) in [5, 5.41) is 8.96. The maximum atomic E-state index is 11.2. The first kappa shape index (κ1) is 10.5. The smallest absolute Gasteiger partial charge is 0.353 e. The summed E-state index contributed by atoms with van der Waals surface area (Å²) < 4.78 is 0. The Morgan fingerprint density at radius 3 is 3.07 bits per heavy atom. The number of rotatable bonds is 4. The number of carboxylic acids is 1. The predicted octanol–water partition coefficient (Wildman–Crippen LogP) is -0.261. The van der Waals surface area contributed by atoms with Gasteiger partial charge in [0.2, 0.25) is 5.91 Å². The van der Waals surface area contributed by atoms with Gasteiger partial charge in [-0.05, 0) is 0 Å². The van der Waals surface area contributed by atoms with E-state index < -0.39 is 5.97 Å². The molecule has 6 nitrogen and oxygen atoms in total. The van der Waals surface area contributed by atoms with E-state index in [4.69, 9.17) is 5.11 Å². The molecular formula is C8H10N2O4S. The van der Waals surface area contributed by atoms with Crippen LogP contribution < -0.4 is 5.48 Å². The van der Waals surface area contributed by atoms with Gasteiger partial charge < -0.3 is 9.94 Å². The minimum Gasteiger partial charge on any atom is -0.477 e. The topological polar surface area (TPSA) is 78.9 Å². The number of β-lactam (4-membered cyclic amide) rings is 1. The zero-order valence-electron chi connectivity index (χ0n) is 8.02. The van der Waals surface area contributed by atoms with Crippen molar-refractivity contribution in [3.05, 3.63) is 10.6 Å². The number of fused-ring (bicyclic) bond motifs is 1. The molecule has 0 aromatic heterocycles. The van der Waals surface area contributed by atoms with Crippen molar-refractivity contribution in [1.29, 1.82) is 0 Å². The van der Waals surface area contributed by atoms with Crippen molar-refractivity contribution in [3.63, 3.8) is 0 Å². The summed E-state index contributed by atoms with van der Waals surface area (Å²) >= 11 is 1.40. The molecule has 2 heterocycles. The van der Waals surface area contributed by atoms with Crippen molar-refractivity contribution in [3.8, 4) is 0 Å². The molecular weight excluding hydrogens is 220 g/mol. The van der Waals surface area contributed by atoms with Crippen LogP contribution in [0.1, 0.15) is 6.42 Å². The van der Waals surface area contributed by atoms with Gasteiger partial charge >= 0.3 is 5.97 Å². The Hall–Kier alpha value is -1.05. The third-order valence-corrected chi connectivity index (χ3v) is 3.54. The van der Waals surface area contributed by atoms with E-state index in [2.05, 4.69) is 10.3 Å². The number of carboxylic acid groups (broad SMARTS) is 1. The molecule has 82 valence electrons. The molecule has 0 aromatic carbocycles. The van der Waals surface area contributed by atoms with E-state index in [9.17, 15) is 9.59 Å². The van der Waals surface area contributed by atoms with Gasteiger partial charge in [-0.3, -0.25) is 9.69 Å². The van der Waals surface area contributed by atoms with Crippen LogP contribution in [0, 0.1) is 0 Å². The lowest BCUT2D eigenvalue weighted by Crippen LogP contribution is -2.48. The standard InChI is InChI=1S/C8H10N2O4S/c1-14-9-3-4-7(8(12)13)10-5(11)2-6(10)15-4/h6,9H,2-3H2,1H3,(H,12,13)/t6-/m1/s1. The highest BCUT2D eigenvalue weighted by molar-refractivity contribution is 8.04. The number of hydrogen-bond acceptors (Lipinski definition) is 5. The van der Waals surface area contributed by atoms with Crippen LogP contribution in [0.4, 0.5) is 0 Å². The SMILES string of the molecule is CONCC1=C(C(=O)O)N2C(=O)C[C@H]2S1. The Kier molecular flexibility index (Phi) is 2.68. The molecule has 1 atom stereocenters. The van der Waals surface area contributed by atoms with Gasteiger partial charge in [-0.25, -0.2) is 4.79 Å². The van der Waals surface area contributed by atoms with Crippen LogP contribution in [0.3, 0.4) is 0 Å². The van der Waals surface area contributed by atoms with Crippen molar-refractivity contribution in [2.45, 2.75) is 11.8 Å². The number of nitrogens with one attached hydrogen (secondary N) is 1. The number of thioether (sulfide) groups is 1. The van der Waals surface area contributed by atoms with Gasteiger partial charge in [0.1, 0.15) is 5.70 Å². The maximum absolute atomic E-state index is 11.2. The van der Waals surface area contributed by atoms with Crippen LogP contribution >= 0.6 is 11.8 Å². The summed E-state index contributed by atoms with van der Waals surface area (Å²) in [6.45, 7) is 0.309. The first-order chi connectivity index (χ1) is 7.15. The molecule has 1 amide bonds. The van der Waals surface area contributed by atoms with Crippen molar-refractivity contribution in [2.75, 3.05) is 13.7 Å². The number of amides is 1. The molecule has 1 saturated heterocycles. The van der Waals surface area contributed by atoms with Gasteiger partial charge in [0.25, 0.3) is 0 Å². The van der Waals surface area contributed by atoms with Crippen molar-refractivity contribution < 1.29 is 19.5 Å². The second kappa shape index (κ2) is 3.84. The molecule has 0 spiro atoms. The summed E-state index contributed by atoms with van der Waals surface area (Å²) in [7, 11) is 1.46. The average Bonchev–Trinajstić information content (AvgIpc) is 2.47. The fraction of sp³-hybridized carbons (Fsp3) is 0.500. The second-order valence-corrected chi connectivity index (χ2v) is 4.42. The van der Waals surface area contributed by atoms with Crippen LogP contribution in [-0.4, -0.2) is 40.9 Å². The Bertz CT molecular complexity index is 355. The molecule has 0 aromatic rings. The van der Waals surface area contributed by atoms with E-state index in [0.717, 1.165) is 0 Å². The highest BCUT2D eigenvalue weighted by Gasteiger charge is 2.48. The molecule has 0 radical (unpaired) electrons. The first-order valence-electron chi connectivity index (χ1n) is 4.36. The van der Waals surface area contributed by atoms with Crippen LogP contribution in [0.25, 0.3) is 0 Å². The van der Waals surface area contributed by atoms with Crippen LogP contribution in [0.15, 0.2) is 10.6 Å². The number of nitrogens with zero attached hydrogens (tertiary/aromatic N) is 1. The van der Waals surface area contributed by atoms with Crippen LogP contribution in [0.2, 0.25) is 0 Å². The molecule has 2 N–H and O–H groups in total. The Morgan fingerprint density at radius 2 is 2.53 bits per heavy atom. The van der Waals surface area contributed by atoms with E-state index in [1.165, 1.54) is 23.8 Å². The Morgan fingerprint density at radius 1 is 1.80 bits per heavy atom. The molecule has 0 bridgehead atoms. The zero-order chi connectivity index (χ0) is 11.0. The normalized spacial score (nSPS) is 24.2. The van der Waals surface area contributed by atoms with E-state index in [0.29, 0.717) is 17.9 Å². The third kappa shape index (κ3) is 1.62. The highest BCUT2D eigenvalue weighted by Crippen LogP contribution is 2.45. The number of hydrogen-bond donors (Lipinski definition) is 2. The average molecular weight is 230 g/mol. The Labute approximate surface area is 90.2 Å². The lowest BCUT2D eigenvalue weighted by Gasteiger charge is -2.33. The van der Waals surface area contributed by atoms with Crippen molar-refractivity contribution in [2.24, 2.45) is 0 Å². The molecule has 0 unspecified atom stereocenters. The Balaban J connectivity index is 2.19. The maximum Gasteiger partial charge on any atom is 0.353 e. The minimum absolute atomic E-state index is 0.0303. The van der Waals surface area contributed by atoms with Gasteiger partial charge in [-0.1, -0.05) is 0 Å². The lowest BCUT2D eigenvalue weighted by atomic mass is 10.1. The van der Waals surface area contributed by atoms with Crippen LogP contribution in [-0.2, 0) is 14.4 Å². The summed E-state index contributed by atoms with van der Waals surface area (Å²) in [4.78, 5) is 28.8. The third-order valence-electron chi connectivity index (χ3n) is 2.27. The molecule has 1 fully saturated rings. The van der Waals surface area contributed by atoms with Gasteiger partial charge in [0.15, 0.2) is 0 Å². The predicted molar refractivity (Wildman–Crippen MR) is 52.5 cm³/mol. The van der Waals surface area contributed by atoms with Gasteiger partial charge in [0.05, 0.1) is 25.4 Å². The first-order valence-corrected chi connectivity index (χ1v) is 5.24. The number of carbonyl (C=O) groups excluding carboxylic acids is 1. The number of aliphatic carboxylic acids is 1. The molecule has 0 aliphatic carbocycles. The summed E-state index contributed by atoms with van der Waals surface area (Å²) in [6.07, 6.45) is 0.415. The lowest BCUT2D eigenvalue weighted by molar-refractivity contribution is -0.145. The molecule has 15 heavy (non-hydrogen) atoms. The zero-order valence-corrected chi connectivity index (χ0v) is 8.84. The summed E-state index contributed by atoms with van der Waals surface area (Å²) in [5.41, 5.74) is 2.67. The molecule has 2 aliphatic heterocycles. The minimum atomic E-state index is -1.06. The highest BCUT2D eigenvalue weighted by atomic mass is 32.2. The van der Waals surface area contributed by atoms with Crippen LogP contribution in [0.5, 0.6) is 0 Å². The molecule has 2 rings (SSSR count). The number of hydroxylamine groups is 1. The summed E-state index contributed by atoms with van der Waals surface area (Å²) in [5.74, 6) is -1.19. The largest absolute Gasteiger partial charge is 0.477 e. The van der Waals surface area contributed by atoms with Crippen molar-refractivity contribution >= 4 is 23.6 Å². The quantitative estimate of drug-likeness (QED) is 0.511. The van der Waals surface area contributed by atoms with Crippen molar-refractivity contribution in [1.82, 2.24) is 10.4 Å². The number of carbonyl (C=O) groups is 2. The molecule has 0 saturated carbocycles. The van der Waals surface area contributed by atoms with E-state index in [-0.39, 0.29) is 17.0 Å². The van der Waals surface area contributed by atoms with Gasteiger partial charge in [-0.15, -0.1) is 11.8 Å². The van der Waals surface area contributed by atoms with Gasteiger partial charge in [0, 0.05) is 4.91 Å². The fourth-order valence-corrected chi connectivity index (χ4v) is 2.91. The van der Waals surface area contributed by atoms with Gasteiger partial charge in [-0.2, -0.15) is 5.48 Å². The van der Waals surface area contributed by atoms with E-state index in [1.807, 2.05) is 0 Å². The van der Waals surface area contributed by atoms with E-state index in [1.54, 1.807) is 0 Å². The van der Waals surface area contributed by atoms with E-state index >= 15 is 0 Å². The second-order valence-electron chi connectivity index (χ2n) is 3.14. The monoisotopic (exact) mass is 230 g/mol.